The zero-order chi connectivity index (χ0) is 14.6. The van der Waals surface area contributed by atoms with Crippen molar-refractivity contribution in [1.29, 1.82) is 0 Å². The van der Waals surface area contributed by atoms with Gasteiger partial charge in [-0.2, -0.15) is 0 Å². The Kier molecular flexibility index (Phi) is 4.04. The minimum absolute atomic E-state index is 0.542. The summed E-state index contributed by atoms with van der Waals surface area (Å²) < 4.78 is 0. The van der Waals surface area contributed by atoms with Crippen LogP contribution in [0.2, 0.25) is 0 Å². The number of hydrogen-bond acceptors (Lipinski definition) is 1. The Balaban J connectivity index is 2.77. The Morgan fingerprint density at radius 3 is 1.60 bits per heavy atom. The topological polar surface area (TPSA) is 38.4 Å². The van der Waals surface area contributed by atoms with Gasteiger partial charge in [-0.05, 0) is 30.5 Å². The van der Waals surface area contributed by atoms with Crippen molar-refractivity contribution in [3.05, 3.63) is 83.9 Å². The standard InChI is InChI=1S/C18H20N2/c1-14(2)18(20-15(3)19,16-10-6-4-7-11-16)17-12-8-5-9-13-17/h4-13H,1H2,2-3H3,(H2,19,20). The molecule has 0 aliphatic heterocycles. The molecule has 2 nitrogen and oxygen atoms in total. The fraction of sp³-hybridized carbons (Fsp3) is 0.167. The maximum atomic E-state index is 5.90. The van der Waals surface area contributed by atoms with Crippen molar-refractivity contribution in [2.24, 2.45) is 10.7 Å². The molecule has 2 aromatic rings. The van der Waals surface area contributed by atoms with Gasteiger partial charge in [0.05, 0.1) is 5.84 Å². The van der Waals surface area contributed by atoms with Crippen molar-refractivity contribution >= 4 is 5.84 Å². The first-order valence-corrected chi connectivity index (χ1v) is 6.66. The Hall–Kier alpha value is -2.35. The molecule has 0 bridgehead atoms. The third-order valence-electron chi connectivity index (χ3n) is 3.34. The van der Waals surface area contributed by atoms with Crippen molar-refractivity contribution in [2.75, 3.05) is 0 Å². The first-order chi connectivity index (χ1) is 9.57. The summed E-state index contributed by atoms with van der Waals surface area (Å²) in [5.74, 6) is 0.542. The first-order valence-electron chi connectivity index (χ1n) is 6.66. The number of hydrogen-bond donors (Lipinski definition) is 1. The Morgan fingerprint density at radius 2 is 1.30 bits per heavy atom. The zero-order valence-electron chi connectivity index (χ0n) is 12.0. The molecule has 0 unspecified atom stereocenters. The van der Waals surface area contributed by atoms with Crippen LogP contribution in [0.3, 0.4) is 0 Å². The Labute approximate surface area is 120 Å². The zero-order valence-corrected chi connectivity index (χ0v) is 12.0. The van der Waals surface area contributed by atoms with Crippen molar-refractivity contribution in [2.45, 2.75) is 19.4 Å². The van der Waals surface area contributed by atoms with Crippen molar-refractivity contribution < 1.29 is 0 Å². The second-order valence-corrected chi connectivity index (χ2v) is 4.98. The van der Waals surface area contributed by atoms with Gasteiger partial charge < -0.3 is 5.73 Å². The van der Waals surface area contributed by atoms with E-state index in [0.29, 0.717) is 5.84 Å². The van der Waals surface area contributed by atoms with Gasteiger partial charge in [-0.3, -0.25) is 4.99 Å². The van der Waals surface area contributed by atoms with Crippen molar-refractivity contribution in [3.63, 3.8) is 0 Å². The first kappa shape index (κ1) is 14.1. The van der Waals surface area contributed by atoms with Crippen LogP contribution >= 0.6 is 0 Å². The average molecular weight is 264 g/mol. The average Bonchev–Trinajstić information content (AvgIpc) is 2.46. The maximum absolute atomic E-state index is 5.90. The van der Waals surface area contributed by atoms with Gasteiger partial charge in [0, 0.05) is 0 Å². The monoisotopic (exact) mass is 264 g/mol. The van der Waals surface area contributed by atoms with E-state index in [1.54, 1.807) is 0 Å². The molecule has 0 atom stereocenters. The molecule has 2 aromatic carbocycles. The molecule has 0 fully saturated rings. The van der Waals surface area contributed by atoms with Crippen LogP contribution in [0, 0.1) is 0 Å². The quantitative estimate of drug-likeness (QED) is 0.508. The van der Waals surface area contributed by atoms with Gasteiger partial charge >= 0.3 is 0 Å². The predicted molar refractivity (Wildman–Crippen MR) is 85.8 cm³/mol. The fourth-order valence-corrected chi connectivity index (χ4v) is 2.51. The molecule has 0 heterocycles. The lowest BCUT2D eigenvalue weighted by Crippen LogP contribution is -2.29. The van der Waals surface area contributed by atoms with E-state index < -0.39 is 5.54 Å². The lowest BCUT2D eigenvalue weighted by atomic mass is 9.78. The van der Waals surface area contributed by atoms with Crippen LogP contribution in [0.25, 0.3) is 0 Å². The summed E-state index contributed by atoms with van der Waals surface area (Å²) in [6.45, 7) is 7.97. The van der Waals surface area contributed by atoms with E-state index in [-0.39, 0.29) is 0 Å². The summed E-state index contributed by atoms with van der Waals surface area (Å²) in [7, 11) is 0. The van der Waals surface area contributed by atoms with E-state index in [9.17, 15) is 0 Å². The molecule has 0 spiro atoms. The molecule has 2 N–H and O–H groups in total. The molecule has 0 amide bonds. The summed E-state index contributed by atoms with van der Waals surface area (Å²) in [6, 6.07) is 20.3. The Bertz CT molecular complexity index is 569. The highest BCUT2D eigenvalue weighted by molar-refractivity contribution is 5.79. The van der Waals surface area contributed by atoms with Gasteiger partial charge in [0.15, 0.2) is 0 Å². The Morgan fingerprint density at radius 1 is 0.900 bits per heavy atom. The molecule has 102 valence electrons. The summed E-state index contributed by atoms with van der Waals surface area (Å²) in [6.07, 6.45) is 0. The normalized spacial score (nSPS) is 12.2. The maximum Gasteiger partial charge on any atom is 0.133 e. The van der Waals surface area contributed by atoms with Crippen LogP contribution in [-0.4, -0.2) is 5.84 Å². The highest BCUT2D eigenvalue weighted by atomic mass is 14.9. The highest BCUT2D eigenvalue weighted by Crippen LogP contribution is 2.39. The second-order valence-electron chi connectivity index (χ2n) is 4.98. The number of rotatable bonds is 4. The minimum atomic E-state index is -0.624. The minimum Gasteiger partial charge on any atom is -0.388 e. The van der Waals surface area contributed by atoms with E-state index in [2.05, 4.69) is 30.8 Å². The molecule has 0 aliphatic carbocycles. The number of nitrogens with two attached hydrogens (primary N) is 1. The van der Waals surface area contributed by atoms with Crippen LogP contribution in [0.5, 0.6) is 0 Å². The van der Waals surface area contributed by atoms with E-state index in [1.165, 1.54) is 0 Å². The lowest BCUT2D eigenvalue weighted by Gasteiger charge is -2.32. The van der Waals surface area contributed by atoms with Gasteiger partial charge in [0.2, 0.25) is 0 Å². The largest absolute Gasteiger partial charge is 0.388 e. The lowest BCUT2D eigenvalue weighted by molar-refractivity contribution is 0.640. The molecular weight excluding hydrogens is 244 g/mol. The van der Waals surface area contributed by atoms with E-state index in [1.807, 2.05) is 50.2 Å². The van der Waals surface area contributed by atoms with Gasteiger partial charge in [-0.1, -0.05) is 67.2 Å². The summed E-state index contributed by atoms with van der Waals surface area (Å²) in [5.41, 5.74) is 8.37. The predicted octanol–water partition coefficient (Wildman–Crippen LogP) is 3.88. The van der Waals surface area contributed by atoms with Crippen molar-refractivity contribution in [1.82, 2.24) is 0 Å². The van der Waals surface area contributed by atoms with Gasteiger partial charge in [-0.15, -0.1) is 0 Å². The molecular formula is C18H20N2. The summed E-state index contributed by atoms with van der Waals surface area (Å²) in [4.78, 5) is 4.74. The summed E-state index contributed by atoms with van der Waals surface area (Å²) >= 11 is 0. The van der Waals surface area contributed by atoms with E-state index in [4.69, 9.17) is 10.7 Å². The fourth-order valence-electron chi connectivity index (χ4n) is 2.51. The number of benzene rings is 2. The molecule has 0 saturated carbocycles. The van der Waals surface area contributed by atoms with E-state index >= 15 is 0 Å². The van der Waals surface area contributed by atoms with Crippen LogP contribution in [-0.2, 0) is 5.54 Å². The third-order valence-corrected chi connectivity index (χ3v) is 3.34. The number of aliphatic imine (C=N–C) groups is 1. The van der Waals surface area contributed by atoms with E-state index in [0.717, 1.165) is 16.7 Å². The molecule has 0 aromatic heterocycles. The highest BCUT2D eigenvalue weighted by Gasteiger charge is 2.34. The van der Waals surface area contributed by atoms with Gasteiger partial charge in [0.1, 0.15) is 5.54 Å². The SMILES string of the molecule is C=C(C)C(N=C(C)N)(c1ccccc1)c1ccccc1. The van der Waals surface area contributed by atoms with Crippen LogP contribution < -0.4 is 5.73 Å². The molecule has 2 rings (SSSR count). The molecule has 0 aliphatic rings. The van der Waals surface area contributed by atoms with Crippen molar-refractivity contribution in [3.8, 4) is 0 Å². The molecule has 2 heteroatoms. The van der Waals surface area contributed by atoms with Gasteiger partial charge in [0.25, 0.3) is 0 Å². The third kappa shape index (κ3) is 2.50. The van der Waals surface area contributed by atoms with Crippen LogP contribution in [0.15, 0.2) is 77.8 Å². The second kappa shape index (κ2) is 5.74. The summed E-state index contributed by atoms with van der Waals surface area (Å²) in [5, 5.41) is 0. The molecule has 20 heavy (non-hydrogen) atoms. The molecule has 0 radical (unpaired) electrons. The van der Waals surface area contributed by atoms with Gasteiger partial charge in [-0.25, -0.2) is 0 Å². The van der Waals surface area contributed by atoms with Crippen LogP contribution in [0.4, 0.5) is 0 Å². The number of amidine groups is 1. The smallest absolute Gasteiger partial charge is 0.133 e. The van der Waals surface area contributed by atoms with Crippen LogP contribution in [0.1, 0.15) is 25.0 Å². The number of nitrogens with zero attached hydrogens (tertiary/aromatic N) is 1. The molecule has 0 saturated heterocycles.